The molecule has 4 rings (SSSR count). The number of anilines is 1. The standard InChI is InChI=1S/C18H20N6O.2C2HF3O2/c1-13(25)23-9-3-5-16(23)18-17-7-6-15(12-24(17)22-21-18)20-11-14-4-2-8-19-10-14;2*3-2(4,5)1(6)7/h2,4,6-8,10,12,16,20H,3,5,9,11H2,1H3;2*(H,6,7). The third kappa shape index (κ3) is 9.11. The Balaban J connectivity index is 0.000000317. The molecule has 0 saturated carbocycles. The van der Waals surface area contributed by atoms with Crippen LogP contribution in [0.3, 0.4) is 0 Å². The van der Waals surface area contributed by atoms with E-state index in [2.05, 4.69) is 20.6 Å². The van der Waals surface area contributed by atoms with Crippen molar-refractivity contribution in [3.63, 3.8) is 0 Å². The van der Waals surface area contributed by atoms with Crippen LogP contribution in [0.25, 0.3) is 5.52 Å². The summed E-state index contributed by atoms with van der Waals surface area (Å²) in [6.45, 7) is 3.11. The average molecular weight is 564 g/mol. The SMILES string of the molecule is CC(=O)N1CCCC1c1nnn2cc(NCc3cccnc3)ccc12.O=C(O)C(F)(F)F.O=C(O)C(F)(F)F. The molecule has 1 aliphatic heterocycles. The van der Waals surface area contributed by atoms with Gasteiger partial charge in [0.1, 0.15) is 5.69 Å². The van der Waals surface area contributed by atoms with E-state index in [1.807, 2.05) is 41.6 Å². The van der Waals surface area contributed by atoms with E-state index in [9.17, 15) is 31.1 Å². The first kappa shape index (κ1) is 30.8. The maximum atomic E-state index is 11.8. The third-order valence-corrected chi connectivity index (χ3v) is 5.12. The zero-order valence-electron chi connectivity index (χ0n) is 20.1. The van der Waals surface area contributed by atoms with E-state index in [0.29, 0.717) is 6.54 Å². The lowest BCUT2D eigenvalue weighted by Gasteiger charge is -2.21. The van der Waals surface area contributed by atoms with Crippen LogP contribution in [0.1, 0.15) is 37.1 Å². The van der Waals surface area contributed by atoms with Gasteiger partial charge in [-0.15, -0.1) is 5.10 Å². The van der Waals surface area contributed by atoms with Crippen molar-refractivity contribution < 1.29 is 50.9 Å². The molecule has 1 unspecified atom stereocenters. The van der Waals surface area contributed by atoms with E-state index in [0.717, 1.165) is 41.8 Å². The molecule has 1 atom stereocenters. The largest absolute Gasteiger partial charge is 0.490 e. The van der Waals surface area contributed by atoms with Gasteiger partial charge in [0, 0.05) is 32.4 Å². The average Bonchev–Trinajstić information content (AvgIpc) is 3.50. The minimum Gasteiger partial charge on any atom is -0.475 e. The molecule has 3 aromatic heterocycles. The van der Waals surface area contributed by atoms with Crippen LogP contribution < -0.4 is 5.32 Å². The predicted molar refractivity (Wildman–Crippen MR) is 121 cm³/mol. The van der Waals surface area contributed by atoms with Gasteiger partial charge in [0.25, 0.3) is 0 Å². The number of nitrogens with one attached hydrogen (secondary N) is 1. The number of carboxylic acids is 2. The molecular formula is C22H22F6N6O5. The summed E-state index contributed by atoms with van der Waals surface area (Å²) >= 11 is 0. The molecule has 0 radical (unpaired) electrons. The first-order chi connectivity index (χ1) is 18.1. The van der Waals surface area contributed by atoms with Crippen molar-refractivity contribution in [1.29, 1.82) is 0 Å². The van der Waals surface area contributed by atoms with Crippen LogP contribution in [0.15, 0.2) is 42.9 Å². The highest BCUT2D eigenvalue weighted by molar-refractivity contribution is 5.75. The van der Waals surface area contributed by atoms with Gasteiger partial charge in [-0.2, -0.15) is 26.3 Å². The first-order valence-corrected chi connectivity index (χ1v) is 11.0. The van der Waals surface area contributed by atoms with Crippen molar-refractivity contribution in [3.05, 3.63) is 54.1 Å². The number of halogens is 6. The highest BCUT2D eigenvalue weighted by Crippen LogP contribution is 2.33. The maximum Gasteiger partial charge on any atom is 0.490 e. The predicted octanol–water partition coefficient (Wildman–Crippen LogP) is 3.69. The fraction of sp³-hybridized carbons (Fsp3) is 0.364. The smallest absolute Gasteiger partial charge is 0.475 e. The molecule has 1 saturated heterocycles. The quantitative estimate of drug-likeness (QED) is 0.403. The van der Waals surface area contributed by atoms with Crippen molar-refractivity contribution in [3.8, 4) is 0 Å². The van der Waals surface area contributed by atoms with Gasteiger partial charge in [0.05, 0.1) is 23.4 Å². The highest BCUT2D eigenvalue weighted by Gasteiger charge is 2.39. The second-order valence-corrected chi connectivity index (χ2v) is 7.91. The Morgan fingerprint density at radius 1 is 1.05 bits per heavy atom. The number of alkyl halides is 6. The fourth-order valence-corrected chi connectivity index (χ4v) is 3.39. The second-order valence-electron chi connectivity index (χ2n) is 7.91. The number of hydrogen-bond donors (Lipinski definition) is 3. The summed E-state index contributed by atoms with van der Waals surface area (Å²) in [4.78, 5) is 35.6. The number of rotatable bonds is 4. The Kier molecular flexibility index (Phi) is 10.2. The van der Waals surface area contributed by atoms with Gasteiger partial charge in [-0.25, -0.2) is 14.1 Å². The number of hydrogen-bond acceptors (Lipinski definition) is 7. The zero-order valence-corrected chi connectivity index (χ0v) is 20.1. The number of carbonyl (C=O) groups excluding carboxylic acids is 1. The van der Waals surface area contributed by atoms with Crippen LogP contribution in [-0.4, -0.2) is 71.7 Å². The van der Waals surface area contributed by atoms with Crippen molar-refractivity contribution in [1.82, 2.24) is 24.7 Å². The van der Waals surface area contributed by atoms with Gasteiger partial charge >= 0.3 is 24.3 Å². The Morgan fingerprint density at radius 2 is 1.67 bits per heavy atom. The minimum absolute atomic E-state index is 0.0317. The van der Waals surface area contributed by atoms with E-state index >= 15 is 0 Å². The lowest BCUT2D eigenvalue weighted by atomic mass is 10.1. The normalized spacial score (nSPS) is 15.1. The van der Waals surface area contributed by atoms with E-state index in [1.165, 1.54) is 0 Å². The summed E-state index contributed by atoms with van der Waals surface area (Å²) in [6, 6.07) is 8.02. The molecule has 3 N–H and O–H groups in total. The lowest BCUT2D eigenvalue weighted by molar-refractivity contribution is -0.193. The van der Waals surface area contributed by atoms with Crippen LogP contribution in [-0.2, 0) is 20.9 Å². The number of carboxylic acid groups (broad SMARTS) is 2. The molecular weight excluding hydrogens is 542 g/mol. The van der Waals surface area contributed by atoms with Crippen LogP contribution in [0.4, 0.5) is 32.0 Å². The van der Waals surface area contributed by atoms with Crippen LogP contribution in [0.2, 0.25) is 0 Å². The summed E-state index contributed by atoms with van der Waals surface area (Å²) < 4.78 is 65.2. The molecule has 0 aliphatic carbocycles. The molecule has 1 amide bonds. The molecule has 39 heavy (non-hydrogen) atoms. The molecule has 4 heterocycles. The van der Waals surface area contributed by atoms with Gasteiger partial charge in [0.2, 0.25) is 5.91 Å². The van der Waals surface area contributed by atoms with Crippen LogP contribution in [0, 0.1) is 0 Å². The minimum atomic E-state index is -5.08. The van der Waals surface area contributed by atoms with E-state index in [4.69, 9.17) is 19.8 Å². The number of nitrogens with zero attached hydrogens (tertiary/aromatic N) is 5. The Labute approximate surface area is 216 Å². The van der Waals surface area contributed by atoms with Gasteiger partial charge in [-0.1, -0.05) is 11.3 Å². The number of aromatic nitrogens is 4. The van der Waals surface area contributed by atoms with E-state index in [1.54, 1.807) is 17.6 Å². The van der Waals surface area contributed by atoms with Gasteiger partial charge < -0.3 is 20.4 Å². The molecule has 11 nitrogen and oxygen atoms in total. The molecule has 0 bridgehead atoms. The van der Waals surface area contributed by atoms with Crippen molar-refractivity contribution in [2.75, 3.05) is 11.9 Å². The number of amides is 1. The monoisotopic (exact) mass is 564 g/mol. The van der Waals surface area contributed by atoms with Gasteiger partial charge in [0.15, 0.2) is 0 Å². The summed E-state index contributed by atoms with van der Waals surface area (Å²) in [5.41, 5.74) is 3.91. The van der Waals surface area contributed by atoms with Crippen LogP contribution in [0.5, 0.6) is 0 Å². The number of carbonyl (C=O) groups is 3. The number of likely N-dealkylation sites (tertiary alicyclic amines) is 1. The topological polar surface area (TPSA) is 150 Å². The van der Waals surface area contributed by atoms with Gasteiger partial charge in [-0.3, -0.25) is 9.78 Å². The van der Waals surface area contributed by atoms with E-state index in [-0.39, 0.29) is 11.9 Å². The lowest BCUT2D eigenvalue weighted by Crippen LogP contribution is -2.28. The van der Waals surface area contributed by atoms with E-state index < -0.39 is 24.3 Å². The molecule has 212 valence electrons. The molecule has 0 aromatic carbocycles. The molecule has 3 aromatic rings. The summed E-state index contributed by atoms with van der Waals surface area (Å²) in [5.74, 6) is -5.42. The van der Waals surface area contributed by atoms with Gasteiger partial charge in [-0.05, 0) is 36.6 Å². The Bertz CT molecular complexity index is 1260. The molecule has 0 spiro atoms. The highest BCUT2D eigenvalue weighted by atomic mass is 19.4. The summed E-state index contributed by atoms with van der Waals surface area (Å²) in [7, 11) is 0. The van der Waals surface area contributed by atoms with Crippen LogP contribution >= 0.6 is 0 Å². The number of pyridine rings is 2. The first-order valence-electron chi connectivity index (χ1n) is 11.0. The number of aliphatic carboxylic acids is 2. The summed E-state index contributed by atoms with van der Waals surface area (Å²) in [5, 5.41) is 26.2. The zero-order chi connectivity index (χ0) is 29.4. The molecule has 1 aliphatic rings. The van der Waals surface area contributed by atoms with Crippen molar-refractivity contribution >= 4 is 29.0 Å². The van der Waals surface area contributed by atoms with Crippen molar-refractivity contribution in [2.45, 2.75) is 44.7 Å². The van der Waals surface area contributed by atoms with Crippen molar-refractivity contribution in [2.24, 2.45) is 0 Å². The Hall–Kier alpha value is -4.44. The summed E-state index contributed by atoms with van der Waals surface area (Å²) in [6.07, 6.45) is -2.69. The molecule has 1 fully saturated rings. The fourth-order valence-electron chi connectivity index (χ4n) is 3.39. The second kappa shape index (κ2) is 12.9. The maximum absolute atomic E-state index is 11.8. The number of fused-ring (bicyclic) bond motifs is 1. The molecule has 17 heteroatoms. The third-order valence-electron chi connectivity index (χ3n) is 5.12. The Morgan fingerprint density at radius 3 is 2.18 bits per heavy atom.